The van der Waals surface area contributed by atoms with Crippen molar-refractivity contribution in [1.82, 2.24) is 15.1 Å². The van der Waals surface area contributed by atoms with Crippen LogP contribution in [0.4, 0.5) is 8.78 Å². The fourth-order valence-corrected chi connectivity index (χ4v) is 3.47. The third-order valence-corrected chi connectivity index (χ3v) is 5.69. The summed E-state index contributed by atoms with van der Waals surface area (Å²) >= 11 is 3.11. The van der Waals surface area contributed by atoms with E-state index in [0.29, 0.717) is 17.5 Å². The number of amides is 1. The molecule has 1 aliphatic rings. The maximum atomic E-state index is 12.8. The molecule has 1 N–H and O–H groups in total. The summed E-state index contributed by atoms with van der Waals surface area (Å²) in [5.74, 6) is 0.842. The molecule has 0 spiro atoms. The largest absolute Gasteiger partial charge is 0.351 e. The number of hydrogen-bond donors (Lipinski definition) is 1. The van der Waals surface area contributed by atoms with Gasteiger partial charge in [0, 0.05) is 6.04 Å². The Morgan fingerprint density at radius 2 is 2.14 bits per heavy atom. The highest BCUT2D eigenvalue weighted by molar-refractivity contribution is 9.10. The van der Waals surface area contributed by atoms with Gasteiger partial charge in [0.15, 0.2) is 0 Å². The normalized spacial score (nSPS) is 25.5. The number of nitrogens with zero attached hydrogens (tertiary/aromatic N) is 2. The molecule has 1 aromatic heterocycles. The minimum atomic E-state index is -2.66. The molecule has 4 nitrogen and oxygen atoms in total. The van der Waals surface area contributed by atoms with E-state index in [1.807, 2.05) is 0 Å². The van der Waals surface area contributed by atoms with Crippen molar-refractivity contribution in [3.63, 3.8) is 0 Å². The first-order chi connectivity index (χ1) is 10.3. The molecule has 1 aliphatic carbocycles. The molecule has 0 saturated heterocycles. The number of aromatic nitrogens is 2. The van der Waals surface area contributed by atoms with Crippen LogP contribution < -0.4 is 5.32 Å². The molecule has 1 fully saturated rings. The molecule has 22 heavy (non-hydrogen) atoms. The van der Waals surface area contributed by atoms with Crippen LogP contribution in [0.3, 0.4) is 0 Å². The van der Waals surface area contributed by atoms with Crippen LogP contribution in [0, 0.1) is 18.8 Å². The van der Waals surface area contributed by atoms with Crippen molar-refractivity contribution >= 4 is 21.8 Å². The summed E-state index contributed by atoms with van der Waals surface area (Å²) in [6.45, 7) is 5.99. The van der Waals surface area contributed by atoms with Crippen molar-refractivity contribution in [3.05, 3.63) is 15.9 Å². The summed E-state index contributed by atoms with van der Waals surface area (Å²) in [5.41, 5.74) is 0.223. The Hall–Kier alpha value is -0.980. The van der Waals surface area contributed by atoms with E-state index in [1.165, 1.54) is 11.1 Å². The minimum absolute atomic E-state index is 0.0330. The predicted octanol–water partition coefficient (Wildman–Crippen LogP) is 3.83. The Labute approximate surface area is 137 Å². The molecule has 0 radical (unpaired) electrons. The standard InChI is InChI=1S/C15H22BrF2N3O/c1-8-5-4-6-11(9(8)2)19-12(22)7-21-10(3)13(16)14(20-21)15(17)18/h8-9,11,15H,4-7H2,1-3H3,(H,19,22). The number of carbonyl (C=O) groups excluding carboxylic acids is 1. The maximum absolute atomic E-state index is 12.8. The fraction of sp³-hybridized carbons (Fsp3) is 0.733. The second-order valence-electron chi connectivity index (χ2n) is 6.18. The number of rotatable bonds is 4. The lowest BCUT2D eigenvalue weighted by Gasteiger charge is -2.34. The van der Waals surface area contributed by atoms with E-state index >= 15 is 0 Å². The van der Waals surface area contributed by atoms with Crippen molar-refractivity contribution in [1.29, 1.82) is 0 Å². The molecule has 3 unspecified atom stereocenters. The number of carbonyl (C=O) groups is 1. The van der Waals surface area contributed by atoms with Gasteiger partial charge in [-0.2, -0.15) is 5.10 Å². The molecule has 3 atom stereocenters. The molecule has 124 valence electrons. The van der Waals surface area contributed by atoms with Crippen LogP contribution >= 0.6 is 15.9 Å². The fourth-order valence-electron chi connectivity index (χ4n) is 3.02. The molecular formula is C15H22BrF2N3O. The van der Waals surface area contributed by atoms with Crippen LogP contribution in [-0.2, 0) is 11.3 Å². The Morgan fingerprint density at radius 3 is 2.73 bits per heavy atom. The van der Waals surface area contributed by atoms with Crippen LogP contribution in [0.1, 0.15) is 50.9 Å². The van der Waals surface area contributed by atoms with E-state index in [2.05, 4.69) is 40.2 Å². The van der Waals surface area contributed by atoms with E-state index in [-0.39, 0.29) is 28.7 Å². The lowest BCUT2D eigenvalue weighted by Crippen LogP contribution is -2.45. The Kier molecular flexibility index (Phi) is 5.58. The Balaban J connectivity index is 2.02. The van der Waals surface area contributed by atoms with Crippen LogP contribution in [0.25, 0.3) is 0 Å². The molecular weight excluding hydrogens is 356 g/mol. The van der Waals surface area contributed by atoms with Crippen molar-refractivity contribution in [3.8, 4) is 0 Å². The van der Waals surface area contributed by atoms with Gasteiger partial charge >= 0.3 is 0 Å². The predicted molar refractivity (Wildman–Crippen MR) is 83.7 cm³/mol. The quantitative estimate of drug-likeness (QED) is 0.866. The highest BCUT2D eigenvalue weighted by atomic mass is 79.9. The Bertz CT molecular complexity index is 547. The van der Waals surface area contributed by atoms with Crippen LogP contribution in [-0.4, -0.2) is 21.7 Å². The van der Waals surface area contributed by atoms with Gasteiger partial charge in [-0.1, -0.05) is 26.7 Å². The average Bonchev–Trinajstić information content (AvgIpc) is 2.72. The van der Waals surface area contributed by atoms with Gasteiger partial charge in [-0.15, -0.1) is 0 Å². The van der Waals surface area contributed by atoms with Crippen LogP contribution in [0.5, 0.6) is 0 Å². The van der Waals surface area contributed by atoms with Gasteiger partial charge in [0.2, 0.25) is 5.91 Å². The van der Waals surface area contributed by atoms with Crippen molar-refractivity contribution in [2.45, 2.75) is 59.0 Å². The van der Waals surface area contributed by atoms with E-state index in [1.54, 1.807) is 6.92 Å². The number of nitrogens with one attached hydrogen (secondary N) is 1. The molecule has 0 aliphatic heterocycles. The van der Waals surface area contributed by atoms with Gasteiger partial charge in [-0.25, -0.2) is 8.78 Å². The second kappa shape index (κ2) is 7.06. The number of hydrogen-bond acceptors (Lipinski definition) is 2. The van der Waals surface area contributed by atoms with E-state index in [4.69, 9.17) is 0 Å². The highest BCUT2D eigenvalue weighted by Crippen LogP contribution is 2.30. The van der Waals surface area contributed by atoms with Gasteiger partial charge in [-0.3, -0.25) is 9.48 Å². The first-order valence-electron chi connectivity index (χ1n) is 7.61. The summed E-state index contributed by atoms with van der Waals surface area (Å²) in [6, 6.07) is 0.158. The summed E-state index contributed by atoms with van der Waals surface area (Å²) < 4.78 is 27.2. The van der Waals surface area contributed by atoms with Gasteiger partial charge in [-0.05, 0) is 41.1 Å². The van der Waals surface area contributed by atoms with Crippen LogP contribution in [0.15, 0.2) is 4.47 Å². The zero-order valence-corrected chi connectivity index (χ0v) is 14.7. The van der Waals surface area contributed by atoms with Gasteiger partial charge in [0.05, 0.1) is 10.2 Å². The summed E-state index contributed by atoms with van der Waals surface area (Å²) in [6.07, 6.45) is 0.618. The summed E-state index contributed by atoms with van der Waals surface area (Å²) in [7, 11) is 0. The lowest BCUT2D eigenvalue weighted by molar-refractivity contribution is -0.123. The molecule has 1 heterocycles. The SMILES string of the molecule is Cc1c(Br)c(C(F)F)nn1CC(=O)NC1CCCC(C)C1C. The van der Waals surface area contributed by atoms with Gasteiger partial charge in [0.25, 0.3) is 6.43 Å². The third-order valence-electron chi connectivity index (χ3n) is 4.71. The zero-order valence-electron chi connectivity index (χ0n) is 13.1. The monoisotopic (exact) mass is 377 g/mol. The topological polar surface area (TPSA) is 46.9 Å². The van der Waals surface area contributed by atoms with Gasteiger partial charge in [0.1, 0.15) is 12.2 Å². The van der Waals surface area contributed by atoms with Crippen LogP contribution in [0.2, 0.25) is 0 Å². The highest BCUT2D eigenvalue weighted by Gasteiger charge is 2.28. The minimum Gasteiger partial charge on any atom is -0.351 e. The van der Waals surface area contributed by atoms with Crippen molar-refractivity contribution < 1.29 is 13.6 Å². The van der Waals surface area contributed by atoms with Crippen molar-refractivity contribution in [2.75, 3.05) is 0 Å². The summed E-state index contributed by atoms with van der Waals surface area (Å²) in [4.78, 5) is 12.2. The molecule has 1 saturated carbocycles. The van der Waals surface area contributed by atoms with E-state index in [0.717, 1.165) is 12.8 Å². The van der Waals surface area contributed by atoms with Crippen molar-refractivity contribution in [2.24, 2.45) is 11.8 Å². The smallest absolute Gasteiger partial charge is 0.283 e. The lowest BCUT2D eigenvalue weighted by atomic mass is 9.78. The molecule has 0 bridgehead atoms. The third kappa shape index (κ3) is 3.67. The molecule has 1 aromatic rings. The molecule has 2 rings (SSSR count). The van der Waals surface area contributed by atoms with Gasteiger partial charge < -0.3 is 5.32 Å². The first kappa shape index (κ1) is 17.4. The van der Waals surface area contributed by atoms with E-state index in [9.17, 15) is 13.6 Å². The number of halogens is 3. The maximum Gasteiger partial charge on any atom is 0.283 e. The summed E-state index contributed by atoms with van der Waals surface area (Å²) in [5, 5.41) is 6.86. The zero-order chi connectivity index (χ0) is 16.4. The average molecular weight is 378 g/mol. The second-order valence-corrected chi connectivity index (χ2v) is 6.98. The Morgan fingerprint density at radius 1 is 1.45 bits per heavy atom. The molecule has 7 heteroatoms. The first-order valence-corrected chi connectivity index (χ1v) is 8.40. The number of alkyl halides is 2. The molecule has 1 amide bonds. The molecule has 0 aromatic carbocycles. The van der Waals surface area contributed by atoms with E-state index < -0.39 is 6.43 Å².